The van der Waals surface area contributed by atoms with Crippen molar-refractivity contribution in [1.29, 1.82) is 0 Å². The van der Waals surface area contributed by atoms with Gasteiger partial charge in [0, 0.05) is 30.6 Å². The van der Waals surface area contributed by atoms with Crippen molar-refractivity contribution in [1.82, 2.24) is 4.90 Å². The van der Waals surface area contributed by atoms with E-state index in [0.717, 1.165) is 35.7 Å². The van der Waals surface area contributed by atoms with Crippen LogP contribution in [0.4, 0.5) is 5.69 Å². The second-order valence-corrected chi connectivity index (χ2v) is 12.8. The number of aliphatic hydroxyl groups is 1. The molecule has 0 saturated carbocycles. The number of likely N-dealkylation sites (tertiary alicyclic amines) is 1. The van der Waals surface area contributed by atoms with Crippen LogP contribution in [0.15, 0.2) is 67.8 Å². The number of hydrogen-bond acceptors (Lipinski definition) is 6. The number of rotatable bonds is 14. The third-order valence-corrected chi connectivity index (χ3v) is 10.7. The first kappa shape index (κ1) is 29.4. The van der Waals surface area contributed by atoms with Crippen LogP contribution < -0.4 is 4.90 Å². The number of carbonyl (C=O) groups is 3. The van der Waals surface area contributed by atoms with Crippen LogP contribution in [0.5, 0.6) is 0 Å². The minimum Gasteiger partial charge on any atom is -0.465 e. The van der Waals surface area contributed by atoms with Crippen molar-refractivity contribution in [2.75, 3.05) is 31.2 Å². The van der Waals surface area contributed by atoms with Crippen LogP contribution in [-0.4, -0.2) is 70.1 Å². The molecule has 2 amide bonds. The molecule has 3 aliphatic heterocycles. The molecule has 2 aromatic carbocycles. The Morgan fingerprint density at radius 3 is 2.66 bits per heavy atom. The molecule has 5 rings (SSSR count). The third kappa shape index (κ3) is 5.44. The number of unbranched alkanes of at least 4 members (excludes halogenated alkanes) is 3. The lowest BCUT2D eigenvalue weighted by atomic mass is 9.71. The number of ether oxygens (including phenoxy) is 1. The van der Waals surface area contributed by atoms with E-state index >= 15 is 0 Å². The molecule has 8 heteroatoms. The summed E-state index contributed by atoms with van der Waals surface area (Å²) < 4.78 is 5.00. The van der Waals surface area contributed by atoms with Gasteiger partial charge in [-0.25, -0.2) is 0 Å². The molecule has 3 saturated heterocycles. The molecule has 0 aromatic heterocycles. The molecule has 218 valence electrons. The number of carbonyl (C=O) groups excluding carboxylic acids is 3. The fourth-order valence-electron chi connectivity index (χ4n) is 6.95. The molecule has 3 heterocycles. The van der Waals surface area contributed by atoms with Gasteiger partial charge in [0.2, 0.25) is 5.91 Å². The first-order chi connectivity index (χ1) is 20.0. The van der Waals surface area contributed by atoms with Gasteiger partial charge in [-0.1, -0.05) is 42.5 Å². The normalized spacial score (nSPS) is 26.3. The fourth-order valence-corrected chi connectivity index (χ4v) is 9.15. The predicted octanol–water partition coefficient (Wildman–Crippen LogP) is 5.12. The minimum absolute atomic E-state index is 0.0313. The van der Waals surface area contributed by atoms with Crippen molar-refractivity contribution in [2.45, 2.75) is 61.0 Å². The Morgan fingerprint density at radius 2 is 1.90 bits per heavy atom. The number of thioether (sulfide) groups is 1. The zero-order valence-corrected chi connectivity index (χ0v) is 24.4. The van der Waals surface area contributed by atoms with Crippen LogP contribution >= 0.6 is 11.8 Å². The molecule has 7 nitrogen and oxygen atoms in total. The summed E-state index contributed by atoms with van der Waals surface area (Å²) in [5, 5.41) is 11.4. The molecule has 2 unspecified atom stereocenters. The van der Waals surface area contributed by atoms with Gasteiger partial charge >= 0.3 is 5.97 Å². The lowest BCUT2D eigenvalue weighted by Crippen LogP contribution is -2.55. The van der Waals surface area contributed by atoms with E-state index in [9.17, 15) is 19.5 Å². The summed E-state index contributed by atoms with van der Waals surface area (Å²) in [6.07, 6.45) is 8.54. The highest BCUT2D eigenvalue weighted by atomic mass is 32.2. The Hall–Kier alpha value is -3.10. The summed E-state index contributed by atoms with van der Waals surface area (Å²) >= 11 is 1.66. The third-order valence-electron chi connectivity index (χ3n) is 8.78. The predicted molar refractivity (Wildman–Crippen MR) is 164 cm³/mol. The maximum absolute atomic E-state index is 14.7. The zero-order chi connectivity index (χ0) is 29.0. The molecular weight excluding hydrogens is 536 g/mol. The van der Waals surface area contributed by atoms with Gasteiger partial charge in [-0.05, 0) is 67.9 Å². The number of aliphatic hydroxyl groups excluding tert-OH is 1. The van der Waals surface area contributed by atoms with Crippen molar-refractivity contribution in [3.8, 4) is 0 Å². The van der Waals surface area contributed by atoms with Gasteiger partial charge in [0.1, 0.15) is 6.04 Å². The maximum atomic E-state index is 14.7. The summed E-state index contributed by atoms with van der Waals surface area (Å²) in [7, 11) is 0. The Balaban J connectivity index is 1.48. The van der Waals surface area contributed by atoms with Gasteiger partial charge in [0.15, 0.2) is 0 Å². The molecule has 1 spiro atoms. The standard InChI is InChI=1S/C33H40N2O5S/c1-3-5-11-21-40-32(39)27-26-16-17-33(41-26)28(27)30(37)35(19-9-6-10-20-36)29(33)31(38)34(18-4-2)25-15-14-23-12-7-8-13-24(23)22-25/h3-4,7-8,12-15,22,26-29,36H,1-2,5-6,9-11,16-21H2/t26-,27+,28+,29?,33?/m1/s1. The lowest BCUT2D eigenvalue weighted by Gasteiger charge is -2.37. The van der Waals surface area contributed by atoms with Crippen molar-refractivity contribution in [3.63, 3.8) is 0 Å². The Kier molecular flexibility index (Phi) is 9.19. The molecule has 3 fully saturated rings. The average Bonchev–Trinajstić information content (AvgIpc) is 3.63. The molecule has 2 aromatic rings. The van der Waals surface area contributed by atoms with Crippen molar-refractivity contribution in [2.24, 2.45) is 11.8 Å². The second-order valence-electron chi connectivity index (χ2n) is 11.2. The number of nitrogens with zero attached hydrogens (tertiary/aromatic N) is 2. The second kappa shape index (κ2) is 12.8. The molecule has 0 radical (unpaired) electrons. The number of allylic oxidation sites excluding steroid dienone is 1. The van der Waals surface area contributed by atoms with Gasteiger partial charge in [0.25, 0.3) is 5.91 Å². The lowest BCUT2D eigenvalue weighted by molar-refractivity contribution is -0.154. The van der Waals surface area contributed by atoms with E-state index in [2.05, 4.69) is 13.2 Å². The quantitative estimate of drug-likeness (QED) is 0.191. The number of esters is 1. The van der Waals surface area contributed by atoms with Gasteiger partial charge in [0.05, 0.1) is 23.2 Å². The molecule has 0 aliphatic carbocycles. The number of hydrogen-bond donors (Lipinski definition) is 1. The van der Waals surface area contributed by atoms with E-state index < -0.39 is 22.6 Å². The highest BCUT2D eigenvalue weighted by molar-refractivity contribution is 8.02. The van der Waals surface area contributed by atoms with Crippen LogP contribution in [0.25, 0.3) is 10.8 Å². The molecule has 5 atom stereocenters. The fraction of sp³-hybridized carbons (Fsp3) is 0.485. The SMILES string of the molecule is C=CCCCOC(=O)[C@@H]1[C@H]2C(=O)N(CCCCCO)C(C(=O)N(CC=C)c3ccc4ccccc4c3)C23CC[C@H]1S3. The van der Waals surface area contributed by atoms with Gasteiger partial charge in [-0.3, -0.25) is 14.4 Å². The van der Waals surface area contributed by atoms with Crippen LogP contribution in [-0.2, 0) is 19.1 Å². The number of benzene rings is 2. The summed E-state index contributed by atoms with van der Waals surface area (Å²) in [5.74, 6) is -1.70. The van der Waals surface area contributed by atoms with E-state index in [-0.39, 0.29) is 29.6 Å². The Labute approximate surface area is 246 Å². The number of amides is 2. The summed E-state index contributed by atoms with van der Waals surface area (Å²) in [6, 6.07) is 13.3. The number of fused-ring (bicyclic) bond motifs is 2. The molecule has 2 bridgehead atoms. The number of anilines is 1. The van der Waals surface area contributed by atoms with Gasteiger partial charge in [-0.15, -0.1) is 24.9 Å². The largest absolute Gasteiger partial charge is 0.465 e. The van der Waals surface area contributed by atoms with Crippen LogP contribution in [0, 0.1) is 11.8 Å². The van der Waals surface area contributed by atoms with E-state index in [0.29, 0.717) is 45.4 Å². The highest BCUT2D eigenvalue weighted by Crippen LogP contribution is 2.66. The maximum Gasteiger partial charge on any atom is 0.310 e. The Bertz CT molecular complexity index is 1310. The summed E-state index contributed by atoms with van der Waals surface area (Å²) in [5.41, 5.74) is 0.761. The summed E-state index contributed by atoms with van der Waals surface area (Å²) in [6.45, 7) is 8.76. The van der Waals surface area contributed by atoms with E-state index in [1.165, 1.54) is 0 Å². The van der Waals surface area contributed by atoms with Crippen LogP contribution in [0.1, 0.15) is 44.9 Å². The van der Waals surface area contributed by atoms with Gasteiger partial charge in [-0.2, -0.15) is 0 Å². The zero-order valence-electron chi connectivity index (χ0n) is 23.6. The van der Waals surface area contributed by atoms with E-state index in [1.807, 2.05) is 42.5 Å². The van der Waals surface area contributed by atoms with Crippen LogP contribution in [0.2, 0.25) is 0 Å². The monoisotopic (exact) mass is 576 g/mol. The first-order valence-corrected chi connectivity index (χ1v) is 15.6. The molecule has 3 aliphatic rings. The summed E-state index contributed by atoms with van der Waals surface area (Å²) in [4.78, 5) is 45.7. The highest BCUT2D eigenvalue weighted by Gasteiger charge is 2.74. The van der Waals surface area contributed by atoms with Crippen molar-refractivity contribution >= 4 is 46.0 Å². The van der Waals surface area contributed by atoms with E-state index in [1.54, 1.807) is 33.7 Å². The smallest absolute Gasteiger partial charge is 0.310 e. The molecule has 41 heavy (non-hydrogen) atoms. The van der Waals surface area contributed by atoms with Crippen molar-refractivity contribution in [3.05, 3.63) is 67.8 Å². The molecular formula is C33H40N2O5S. The van der Waals surface area contributed by atoms with Crippen LogP contribution in [0.3, 0.4) is 0 Å². The molecule has 1 N–H and O–H groups in total. The topological polar surface area (TPSA) is 87.1 Å². The first-order valence-electron chi connectivity index (χ1n) is 14.7. The van der Waals surface area contributed by atoms with Crippen molar-refractivity contribution < 1.29 is 24.2 Å². The van der Waals surface area contributed by atoms with Gasteiger partial charge < -0.3 is 19.6 Å². The van der Waals surface area contributed by atoms with E-state index in [4.69, 9.17) is 4.74 Å². The average molecular weight is 577 g/mol. The Morgan fingerprint density at radius 1 is 1.10 bits per heavy atom. The minimum atomic E-state index is -0.686.